The number of urea groups is 1. The maximum Gasteiger partial charge on any atom is 0.322 e. The number of para-hydroxylation sites is 1. The number of anilines is 1. The molecule has 1 atom stereocenters. The summed E-state index contributed by atoms with van der Waals surface area (Å²) in [5.74, 6) is -1.19. The molecule has 2 heterocycles. The van der Waals surface area contributed by atoms with Gasteiger partial charge in [0.1, 0.15) is 17.7 Å². The minimum atomic E-state index is -0.770. The van der Waals surface area contributed by atoms with Crippen molar-refractivity contribution in [3.8, 4) is 11.4 Å². The van der Waals surface area contributed by atoms with Gasteiger partial charge in [-0.05, 0) is 43.5 Å². The summed E-state index contributed by atoms with van der Waals surface area (Å²) in [4.78, 5) is 18.6. The highest BCUT2D eigenvalue weighted by Crippen LogP contribution is 2.33. The molecule has 1 fully saturated rings. The molecule has 0 bridgehead atoms. The fourth-order valence-electron chi connectivity index (χ4n) is 3.32. The molecule has 1 aliphatic heterocycles. The third-order valence-corrected chi connectivity index (χ3v) is 4.80. The molecule has 1 aromatic heterocycles. The molecule has 1 saturated heterocycles. The topological polar surface area (TPSA) is 71.3 Å². The summed E-state index contributed by atoms with van der Waals surface area (Å²) in [6.45, 7) is 2.46. The monoisotopic (exact) mass is 384 g/mol. The van der Waals surface area contributed by atoms with Crippen LogP contribution in [0.1, 0.15) is 30.3 Å². The first-order valence-corrected chi connectivity index (χ1v) is 8.95. The fourth-order valence-corrected chi connectivity index (χ4v) is 3.32. The number of amides is 2. The highest BCUT2D eigenvalue weighted by atomic mass is 19.1. The van der Waals surface area contributed by atoms with Crippen molar-refractivity contribution in [3.63, 3.8) is 0 Å². The first-order valence-electron chi connectivity index (χ1n) is 8.95. The summed E-state index contributed by atoms with van der Waals surface area (Å²) in [5, 5.41) is 6.71. The molecule has 3 aromatic rings. The number of aromatic nitrogens is 2. The van der Waals surface area contributed by atoms with Gasteiger partial charge in [-0.25, -0.2) is 13.6 Å². The second-order valence-electron chi connectivity index (χ2n) is 6.68. The van der Waals surface area contributed by atoms with Crippen molar-refractivity contribution in [2.45, 2.75) is 25.8 Å². The molecule has 0 radical (unpaired) electrons. The Morgan fingerprint density at radius 1 is 1.25 bits per heavy atom. The van der Waals surface area contributed by atoms with Gasteiger partial charge in [0, 0.05) is 18.3 Å². The fraction of sp³-hybridized carbons (Fsp3) is 0.250. The van der Waals surface area contributed by atoms with Gasteiger partial charge in [-0.3, -0.25) is 0 Å². The average Bonchev–Trinajstić information content (AvgIpc) is 3.32. The van der Waals surface area contributed by atoms with Crippen molar-refractivity contribution < 1.29 is 18.1 Å². The molecule has 8 heteroatoms. The number of halogens is 2. The lowest BCUT2D eigenvalue weighted by molar-refractivity contribution is 0.193. The predicted octanol–water partition coefficient (Wildman–Crippen LogP) is 4.69. The Bertz CT molecular complexity index is 1020. The summed E-state index contributed by atoms with van der Waals surface area (Å²) < 4.78 is 32.4. The van der Waals surface area contributed by atoms with Crippen LogP contribution in [0.25, 0.3) is 11.4 Å². The van der Waals surface area contributed by atoms with E-state index >= 15 is 0 Å². The first kappa shape index (κ1) is 18.1. The van der Waals surface area contributed by atoms with Crippen LogP contribution in [0.4, 0.5) is 19.3 Å². The maximum atomic E-state index is 14.0. The third-order valence-electron chi connectivity index (χ3n) is 4.80. The Kier molecular flexibility index (Phi) is 4.77. The zero-order chi connectivity index (χ0) is 19.7. The summed E-state index contributed by atoms with van der Waals surface area (Å²) in [5.41, 5.74) is 1.74. The van der Waals surface area contributed by atoms with Crippen LogP contribution in [0.3, 0.4) is 0 Å². The van der Waals surface area contributed by atoms with E-state index in [1.165, 1.54) is 6.07 Å². The van der Waals surface area contributed by atoms with Gasteiger partial charge < -0.3 is 14.7 Å². The van der Waals surface area contributed by atoms with Gasteiger partial charge in [-0.1, -0.05) is 23.4 Å². The molecule has 144 valence electrons. The number of nitrogens with zero attached hydrogens (tertiary/aromatic N) is 3. The number of benzene rings is 2. The van der Waals surface area contributed by atoms with Crippen molar-refractivity contribution in [2.75, 3.05) is 11.9 Å². The zero-order valence-electron chi connectivity index (χ0n) is 15.2. The van der Waals surface area contributed by atoms with Crippen LogP contribution in [0.15, 0.2) is 47.0 Å². The third kappa shape index (κ3) is 3.45. The quantitative estimate of drug-likeness (QED) is 0.711. The number of hydrogen-bond acceptors (Lipinski definition) is 4. The van der Waals surface area contributed by atoms with Gasteiger partial charge in [0.05, 0.1) is 5.56 Å². The summed E-state index contributed by atoms with van der Waals surface area (Å²) in [6.07, 6.45) is 1.45. The molecule has 0 saturated carbocycles. The smallest absolute Gasteiger partial charge is 0.322 e. The number of carbonyl (C=O) groups is 1. The molecular weight excluding hydrogens is 366 g/mol. The maximum absolute atomic E-state index is 14.0. The van der Waals surface area contributed by atoms with Gasteiger partial charge in [0.15, 0.2) is 0 Å². The molecule has 2 aromatic carbocycles. The van der Waals surface area contributed by atoms with Crippen LogP contribution in [0.2, 0.25) is 0 Å². The normalized spacial score (nSPS) is 16.4. The second kappa shape index (κ2) is 7.38. The van der Waals surface area contributed by atoms with Crippen LogP contribution < -0.4 is 5.32 Å². The lowest BCUT2D eigenvalue weighted by Gasteiger charge is -2.22. The standard InChI is InChI=1S/C20H18F2N4O2/c1-12-5-2-3-6-16(12)23-20(27)26-10-4-7-17(26)19-24-18(25-28-19)14-9-8-13(21)11-15(14)22/h2-3,5-6,8-9,11,17H,4,7,10H2,1H3,(H,23,27). The number of rotatable bonds is 3. The van der Waals surface area contributed by atoms with E-state index in [-0.39, 0.29) is 23.3 Å². The summed E-state index contributed by atoms with van der Waals surface area (Å²) in [6, 6.07) is 10.0. The lowest BCUT2D eigenvalue weighted by atomic mass is 10.2. The van der Waals surface area contributed by atoms with Crippen LogP contribution in [0.5, 0.6) is 0 Å². The van der Waals surface area contributed by atoms with Gasteiger partial charge in [0.25, 0.3) is 0 Å². The van der Waals surface area contributed by atoms with Crippen molar-refractivity contribution in [1.82, 2.24) is 15.0 Å². The second-order valence-corrected chi connectivity index (χ2v) is 6.68. The van der Waals surface area contributed by atoms with Gasteiger partial charge in [-0.15, -0.1) is 0 Å². The Hall–Kier alpha value is -3.29. The molecule has 0 aliphatic carbocycles. The number of carbonyl (C=O) groups excluding carboxylic acids is 1. The van der Waals surface area contributed by atoms with E-state index in [9.17, 15) is 13.6 Å². The lowest BCUT2D eigenvalue weighted by Crippen LogP contribution is -2.34. The number of hydrogen-bond donors (Lipinski definition) is 1. The SMILES string of the molecule is Cc1ccccc1NC(=O)N1CCCC1c1nc(-c2ccc(F)cc2F)no1. The van der Waals surface area contributed by atoms with E-state index in [1.54, 1.807) is 4.90 Å². The number of likely N-dealkylation sites (tertiary alicyclic amines) is 1. The summed E-state index contributed by atoms with van der Waals surface area (Å²) >= 11 is 0. The molecule has 2 amide bonds. The highest BCUT2D eigenvalue weighted by Gasteiger charge is 2.34. The van der Waals surface area contributed by atoms with Crippen molar-refractivity contribution in [1.29, 1.82) is 0 Å². The predicted molar refractivity (Wildman–Crippen MR) is 98.5 cm³/mol. The van der Waals surface area contributed by atoms with Crippen molar-refractivity contribution >= 4 is 11.7 Å². The zero-order valence-corrected chi connectivity index (χ0v) is 15.2. The molecule has 1 N–H and O–H groups in total. The van der Waals surface area contributed by atoms with Crippen LogP contribution >= 0.6 is 0 Å². The highest BCUT2D eigenvalue weighted by molar-refractivity contribution is 5.90. The van der Waals surface area contributed by atoms with Gasteiger partial charge >= 0.3 is 6.03 Å². The van der Waals surface area contributed by atoms with Gasteiger partial charge in [-0.2, -0.15) is 4.98 Å². The Labute approximate surface area is 160 Å². The van der Waals surface area contributed by atoms with E-state index < -0.39 is 17.7 Å². The van der Waals surface area contributed by atoms with E-state index in [4.69, 9.17) is 4.52 Å². The number of aryl methyl sites for hydroxylation is 1. The van der Waals surface area contributed by atoms with Gasteiger partial charge in [0.2, 0.25) is 11.7 Å². The molecule has 6 nitrogen and oxygen atoms in total. The molecule has 0 spiro atoms. The largest absolute Gasteiger partial charge is 0.337 e. The molecule has 4 rings (SSSR count). The molecule has 28 heavy (non-hydrogen) atoms. The average molecular weight is 384 g/mol. The Balaban J connectivity index is 1.55. The molecular formula is C20H18F2N4O2. The number of nitrogens with one attached hydrogen (secondary N) is 1. The van der Waals surface area contributed by atoms with Crippen LogP contribution in [0, 0.1) is 18.6 Å². The Morgan fingerprint density at radius 3 is 2.86 bits per heavy atom. The van der Waals surface area contributed by atoms with E-state index in [0.29, 0.717) is 13.0 Å². The van der Waals surface area contributed by atoms with E-state index in [0.717, 1.165) is 29.8 Å². The summed E-state index contributed by atoms with van der Waals surface area (Å²) in [7, 11) is 0. The molecule has 1 aliphatic rings. The van der Waals surface area contributed by atoms with Crippen molar-refractivity contribution in [3.05, 3.63) is 65.6 Å². The van der Waals surface area contributed by atoms with Crippen LogP contribution in [-0.2, 0) is 0 Å². The Morgan fingerprint density at radius 2 is 2.07 bits per heavy atom. The van der Waals surface area contributed by atoms with Crippen molar-refractivity contribution in [2.24, 2.45) is 0 Å². The minimum Gasteiger partial charge on any atom is -0.337 e. The van der Waals surface area contributed by atoms with Crippen LogP contribution in [-0.4, -0.2) is 27.6 Å². The minimum absolute atomic E-state index is 0.0265. The van der Waals surface area contributed by atoms with E-state index in [1.807, 2.05) is 31.2 Å². The van der Waals surface area contributed by atoms with E-state index in [2.05, 4.69) is 15.5 Å². The molecule has 1 unspecified atom stereocenters. The first-order chi connectivity index (χ1) is 13.5.